The Balaban J connectivity index is 0.00000133. The van der Waals surface area contributed by atoms with Crippen LogP contribution in [0.1, 0.15) is 11.9 Å². The number of hydrogen-bond donors (Lipinski definition) is 1. The van der Waals surface area contributed by atoms with E-state index in [1.165, 1.54) is 17.0 Å². The molecule has 8 heteroatoms. The quantitative estimate of drug-likeness (QED) is 0.815. The zero-order valence-corrected chi connectivity index (χ0v) is 13.0. The van der Waals surface area contributed by atoms with Gasteiger partial charge in [0.05, 0.1) is 18.6 Å². The van der Waals surface area contributed by atoms with Gasteiger partial charge in [-0.3, -0.25) is 4.98 Å². The fourth-order valence-electron chi connectivity index (χ4n) is 1.92. The van der Waals surface area contributed by atoms with Crippen LogP contribution in [0.15, 0.2) is 18.2 Å². The molecule has 2 atom stereocenters. The van der Waals surface area contributed by atoms with Crippen molar-refractivity contribution in [3.63, 3.8) is 0 Å². The van der Waals surface area contributed by atoms with Crippen LogP contribution in [0.3, 0.4) is 0 Å². The molecule has 3 heterocycles. The number of hydrogen-bond acceptors (Lipinski definition) is 5. The Morgan fingerprint density at radius 1 is 1.53 bits per heavy atom. The number of imidazole rings is 1. The van der Waals surface area contributed by atoms with Gasteiger partial charge >= 0.3 is 32.7 Å². The Kier molecular flexibility index (Phi) is 4.40. The van der Waals surface area contributed by atoms with Gasteiger partial charge in [0.25, 0.3) is 0 Å². The van der Waals surface area contributed by atoms with Crippen LogP contribution in [0.5, 0.6) is 0 Å². The third-order valence-corrected chi connectivity index (χ3v) is 2.80. The minimum absolute atomic E-state index is 0. The number of rotatable bonds is 2. The maximum absolute atomic E-state index is 13.7. The van der Waals surface area contributed by atoms with E-state index in [1.807, 2.05) is 0 Å². The van der Waals surface area contributed by atoms with Crippen LogP contribution in [-0.2, 0) is 37.4 Å². The molecule has 1 aliphatic rings. The monoisotopic (exact) mass is 338 g/mol. The van der Waals surface area contributed by atoms with Gasteiger partial charge in [-0.2, -0.15) is 0 Å². The van der Waals surface area contributed by atoms with Crippen molar-refractivity contribution in [1.29, 1.82) is 0 Å². The van der Waals surface area contributed by atoms with Crippen molar-refractivity contribution in [1.82, 2.24) is 19.5 Å². The van der Waals surface area contributed by atoms with Gasteiger partial charge in [0.1, 0.15) is 11.9 Å². The van der Waals surface area contributed by atoms with Crippen LogP contribution in [0.4, 0.5) is 4.39 Å². The van der Waals surface area contributed by atoms with Crippen molar-refractivity contribution in [3.8, 4) is 0 Å². The number of aliphatic hydroxyl groups is 1. The van der Waals surface area contributed by atoms with E-state index in [1.54, 1.807) is 6.92 Å². The van der Waals surface area contributed by atoms with Crippen LogP contribution >= 0.6 is 0 Å². The first-order valence-electron chi connectivity index (χ1n) is 5.41. The third-order valence-electron chi connectivity index (χ3n) is 2.80. The van der Waals surface area contributed by atoms with Gasteiger partial charge in [-0.25, -0.2) is 4.39 Å². The summed E-state index contributed by atoms with van der Waals surface area (Å²) in [4.78, 5) is 12.0. The Bertz CT molecular complexity index is 630. The number of aryl methyl sites for hydroxylation is 1. The van der Waals surface area contributed by atoms with E-state index < -0.39 is 18.2 Å². The summed E-state index contributed by atoms with van der Waals surface area (Å²) in [7, 11) is 0. The SMILES string of the molecule is Cc1n[c-]nc2c1ncn2C1OC(CO)C=C1F.[Y+3]. The molecule has 1 N–H and O–H groups in total. The van der Waals surface area contributed by atoms with E-state index in [0.29, 0.717) is 16.9 Å². The van der Waals surface area contributed by atoms with Crippen molar-refractivity contribution in [2.24, 2.45) is 0 Å². The summed E-state index contributed by atoms with van der Waals surface area (Å²) >= 11 is 0. The molecule has 0 fully saturated rings. The van der Waals surface area contributed by atoms with Gasteiger partial charge < -0.3 is 24.4 Å². The van der Waals surface area contributed by atoms with Gasteiger partial charge in [0.15, 0.2) is 6.23 Å². The predicted molar refractivity (Wildman–Crippen MR) is 59.1 cm³/mol. The van der Waals surface area contributed by atoms with Crippen LogP contribution < -0.4 is 0 Å². The zero-order valence-electron chi connectivity index (χ0n) is 10.1. The molecule has 2 unspecified atom stereocenters. The summed E-state index contributed by atoms with van der Waals surface area (Å²) in [5, 5.41) is 8.96. The molecule has 2 aromatic heterocycles. The first-order valence-corrected chi connectivity index (χ1v) is 5.41. The second-order valence-corrected chi connectivity index (χ2v) is 3.99. The third kappa shape index (κ3) is 2.47. The molecular formula is C11H10FN4O2Y+2. The summed E-state index contributed by atoms with van der Waals surface area (Å²) in [6, 6.07) is 0. The molecule has 0 saturated heterocycles. The van der Waals surface area contributed by atoms with Gasteiger partial charge in [-0.15, -0.1) is 0 Å². The smallest absolute Gasteiger partial charge is 0.393 e. The number of ether oxygens (including phenoxy) is 1. The first-order chi connectivity index (χ1) is 8.70. The van der Waals surface area contributed by atoms with Crippen molar-refractivity contribution in [3.05, 3.63) is 30.3 Å². The number of fused-ring (bicyclic) bond motifs is 1. The van der Waals surface area contributed by atoms with E-state index >= 15 is 0 Å². The molecule has 6 nitrogen and oxygen atoms in total. The first kappa shape index (κ1) is 14.6. The van der Waals surface area contributed by atoms with E-state index in [9.17, 15) is 4.39 Å². The Hall–Kier alpha value is -0.756. The second kappa shape index (κ2) is 5.70. The molecule has 0 bridgehead atoms. The van der Waals surface area contributed by atoms with Crippen LogP contribution in [0.25, 0.3) is 11.2 Å². The molecule has 0 radical (unpaired) electrons. The molecule has 2 aromatic rings. The zero-order chi connectivity index (χ0) is 12.7. The Morgan fingerprint density at radius 2 is 2.32 bits per heavy atom. The number of aromatic nitrogens is 4. The normalized spacial score (nSPS) is 22.4. The molecule has 0 aromatic carbocycles. The molecule has 0 aliphatic carbocycles. The predicted octanol–water partition coefficient (Wildman–Crippen LogP) is 0.676. The topological polar surface area (TPSA) is 73.1 Å². The van der Waals surface area contributed by atoms with Gasteiger partial charge in [0, 0.05) is 11.8 Å². The largest absolute Gasteiger partial charge is 3.00 e. The molecular weight excluding hydrogens is 328 g/mol. The van der Waals surface area contributed by atoms with E-state index in [2.05, 4.69) is 21.3 Å². The summed E-state index contributed by atoms with van der Waals surface area (Å²) in [6.07, 6.45) is 3.60. The molecule has 3 rings (SSSR count). The van der Waals surface area contributed by atoms with Gasteiger partial charge in [-0.1, -0.05) is 6.92 Å². The van der Waals surface area contributed by atoms with Crippen LogP contribution in [-0.4, -0.2) is 37.3 Å². The Morgan fingerprint density at radius 3 is 3.00 bits per heavy atom. The molecule has 19 heavy (non-hydrogen) atoms. The summed E-state index contributed by atoms with van der Waals surface area (Å²) in [5.74, 6) is -0.468. The van der Waals surface area contributed by atoms with Crippen LogP contribution in [0, 0.1) is 13.3 Å². The average Bonchev–Trinajstić information content (AvgIpc) is 2.93. The summed E-state index contributed by atoms with van der Waals surface area (Å²) in [5.41, 5.74) is 1.70. The van der Waals surface area contributed by atoms with Crippen LogP contribution in [0.2, 0.25) is 0 Å². The summed E-state index contributed by atoms with van der Waals surface area (Å²) in [6.45, 7) is 1.51. The maximum atomic E-state index is 13.7. The maximum Gasteiger partial charge on any atom is 3.00 e. The van der Waals surface area contributed by atoms with Gasteiger partial charge in [-0.05, 0) is 11.8 Å². The summed E-state index contributed by atoms with van der Waals surface area (Å²) < 4.78 is 20.5. The Labute approximate surface area is 133 Å². The van der Waals surface area contributed by atoms with E-state index in [4.69, 9.17) is 9.84 Å². The standard InChI is InChI=1S/C11H10FN4O2.Y/c1-6-9-10(14-4-13-6)16(5-15-9)11-8(12)2-7(3-17)18-11;/h2,5,7,11,17H,3H2,1H3;/q-1;+3. The fraction of sp³-hybridized carbons (Fsp3) is 0.364. The molecule has 0 saturated carbocycles. The number of halogens is 1. The van der Waals surface area contributed by atoms with Crippen molar-refractivity contribution in [2.45, 2.75) is 19.3 Å². The van der Waals surface area contributed by atoms with Crippen molar-refractivity contribution in [2.75, 3.05) is 6.61 Å². The van der Waals surface area contributed by atoms with E-state index in [0.717, 1.165) is 0 Å². The van der Waals surface area contributed by atoms with E-state index in [-0.39, 0.29) is 39.3 Å². The molecule has 94 valence electrons. The molecule has 0 amide bonds. The second-order valence-electron chi connectivity index (χ2n) is 3.99. The van der Waals surface area contributed by atoms with Crippen molar-refractivity contribution < 1.29 is 46.9 Å². The minimum Gasteiger partial charge on any atom is -0.393 e. The van der Waals surface area contributed by atoms with Crippen molar-refractivity contribution >= 4 is 11.2 Å². The average molecular weight is 338 g/mol. The molecule has 1 aliphatic heterocycles. The minimum atomic E-state index is -0.935. The molecule has 0 spiro atoms. The van der Waals surface area contributed by atoms with Gasteiger partial charge in [0.2, 0.25) is 0 Å². The number of aliphatic hydroxyl groups excluding tert-OH is 1. The fourth-order valence-corrected chi connectivity index (χ4v) is 1.92. The number of nitrogens with zero attached hydrogens (tertiary/aromatic N) is 4.